The van der Waals surface area contributed by atoms with Crippen molar-refractivity contribution in [1.82, 2.24) is 0 Å². The van der Waals surface area contributed by atoms with E-state index < -0.39 is 46.9 Å². The lowest BCUT2D eigenvalue weighted by Crippen LogP contribution is -2.09. The summed E-state index contributed by atoms with van der Waals surface area (Å²) in [5.41, 5.74) is -0.0593. The summed E-state index contributed by atoms with van der Waals surface area (Å²) in [7, 11) is -9.55. The summed E-state index contributed by atoms with van der Waals surface area (Å²) in [6.45, 7) is 4.41. The van der Waals surface area contributed by atoms with E-state index in [1.807, 2.05) is 0 Å². The fourth-order valence-electron chi connectivity index (χ4n) is 1.31. The van der Waals surface area contributed by atoms with Gasteiger partial charge in [0.25, 0.3) is 20.2 Å². The van der Waals surface area contributed by atoms with E-state index in [1.54, 1.807) is 0 Å². The molecule has 0 bridgehead atoms. The molecule has 11 heteroatoms. The van der Waals surface area contributed by atoms with Crippen molar-refractivity contribution in [3.05, 3.63) is 29.7 Å². The molecule has 0 saturated heterocycles. The third kappa shape index (κ3) is 3.86. The van der Waals surface area contributed by atoms with E-state index in [-0.39, 0.29) is 5.56 Å². The van der Waals surface area contributed by atoms with E-state index in [2.05, 4.69) is 6.58 Å². The average molecular weight is 342 g/mol. The number of rotatable bonds is 5. The minimum absolute atomic E-state index is 0.0593. The van der Waals surface area contributed by atoms with Crippen LogP contribution < -0.4 is 4.18 Å². The lowest BCUT2D eigenvalue weighted by molar-refractivity contribution is 0.475. The number of hydrogen-bond donors (Lipinski definition) is 2. The van der Waals surface area contributed by atoms with Gasteiger partial charge in [-0.3, -0.25) is 9.11 Å². The average Bonchev–Trinajstić information content (AvgIpc) is 2.25. The van der Waals surface area contributed by atoms with Crippen LogP contribution in [0.3, 0.4) is 0 Å². The van der Waals surface area contributed by atoms with Crippen molar-refractivity contribution in [2.24, 2.45) is 0 Å². The zero-order valence-corrected chi connectivity index (χ0v) is 12.5. The number of benzene rings is 1. The van der Waals surface area contributed by atoms with Gasteiger partial charge in [0.15, 0.2) is 5.75 Å². The summed E-state index contributed by atoms with van der Waals surface area (Å²) in [5, 5.41) is 0.861. The molecule has 1 rings (SSSR count). The van der Waals surface area contributed by atoms with Crippen molar-refractivity contribution < 1.29 is 34.3 Å². The lowest BCUT2D eigenvalue weighted by atomic mass is 10.2. The third-order valence-electron chi connectivity index (χ3n) is 2.11. The highest BCUT2D eigenvalue weighted by Gasteiger charge is 2.24. The Morgan fingerprint density at radius 3 is 2.05 bits per heavy atom. The molecule has 8 nitrogen and oxygen atoms in total. The molecule has 1 atom stereocenters. The van der Waals surface area contributed by atoms with Crippen LogP contribution in [0.15, 0.2) is 33.9 Å². The molecule has 0 radical (unpaired) electrons. The Labute approximate surface area is 118 Å². The van der Waals surface area contributed by atoms with Crippen LogP contribution in [-0.2, 0) is 31.3 Å². The largest absolute Gasteiger partial charge is 0.396 e. The predicted molar refractivity (Wildman–Crippen MR) is 69.8 cm³/mol. The van der Waals surface area contributed by atoms with Gasteiger partial charge in [-0.2, -0.15) is 16.8 Å². The van der Waals surface area contributed by atoms with Gasteiger partial charge in [0, 0.05) is 5.41 Å². The molecule has 0 spiro atoms. The van der Waals surface area contributed by atoms with Crippen LogP contribution in [0.5, 0.6) is 5.75 Å². The van der Waals surface area contributed by atoms with Gasteiger partial charge in [0.1, 0.15) is 4.90 Å². The molecule has 2 N–H and O–H groups in total. The van der Waals surface area contributed by atoms with Crippen molar-refractivity contribution in [3.63, 3.8) is 0 Å². The van der Waals surface area contributed by atoms with Gasteiger partial charge >= 0.3 is 0 Å². The second kappa shape index (κ2) is 5.61. The van der Waals surface area contributed by atoms with Crippen molar-refractivity contribution in [2.45, 2.75) is 16.7 Å². The molecule has 1 aromatic rings. The second-order valence-corrected chi connectivity index (χ2v) is 7.33. The first-order valence-corrected chi connectivity index (χ1v) is 8.79. The highest BCUT2D eigenvalue weighted by Crippen LogP contribution is 2.30. The first kappa shape index (κ1) is 16.8. The second-order valence-electron chi connectivity index (χ2n) is 3.53. The van der Waals surface area contributed by atoms with Crippen LogP contribution in [0.2, 0.25) is 0 Å². The Bertz CT molecular complexity index is 776. The van der Waals surface area contributed by atoms with Gasteiger partial charge in [0.2, 0.25) is 11.1 Å². The van der Waals surface area contributed by atoms with Crippen LogP contribution in [0.4, 0.5) is 0 Å². The van der Waals surface area contributed by atoms with Crippen molar-refractivity contribution in [2.75, 3.05) is 0 Å². The minimum atomic E-state index is -4.86. The summed E-state index contributed by atoms with van der Waals surface area (Å²) in [6, 6.07) is 1.42. The summed E-state index contributed by atoms with van der Waals surface area (Å²) < 4.78 is 78.4. The van der Waals surface area contributed by atoms with E-state index >= 15 is 0 Å². The van der Waals surface area contributed by atoms with Crippen LogP contribution in [0.25, 0.3) is 0 Å². The zero-order valence-electron chi connectivity index (χ0n) is 10.0. The molecule has 0 amide bonds. The van der Waals surface area contributed by atoms with Crippen LogP contribution in [0, 0.1) is 6.92 Å². The SMILES string of the molecule is C=CS(=O)Oc1cc(C)c(S(=O)(=O)O)cc1S(=O)(=O)O. The summed E-state index contributed by atoms with van der Waals surface area (Å²) in [4.78, 5) is -1.66. The monoisotopic (exact) mass is 342 g/mol. The molecular formula is C9H10O8S3. The van der Waals surface area contributed by atoms with Crippen LogP contribution in [-0.4, -0.2) is 30.1 Å². The van der Waals surface area contributed by atoms with Gasteiger partial charge in [-0.1, -0.05) is 6.58 Å². The quantitative estimate of drug-likeness (QED) is 0.746. The number of aryl methyl sites for hydroxylation is 1. The molecule has 0 fully saturated rings. The minimum Gasteiger partial charge on any atom is -0.396 e. The molecule has 0 heterocycles. The van der Waals surface area contributed by atoms with E-state index in [9.17, 15) is 21.0 Å². The number of hydrogen-bond acceptors (Lipinski definition) is 6. The van der Waals surface area contributed by atoms with E-state index in [0.29, 0.717) is 6.07 Å². The first-order chi connectivity index (χ1) is 8.96. The molecule has 20 heavy (non-hydrogen) atoms. The maximum absolute atomic E-state index is 11.2. The van der Waals surface area contributed by atoms with Gasteiger partial charge in [-0.05, 0) is 24.6 Å². The maximum atomic E-state index is 11.2. The normalized spacial score (nSPS) is 13.8. The Hall–Kier alpha value is -1.27. The van der Waals surface area contributed by atoms with Crippen molar-refractivity contribution >= 4 is 31.3 Å². The van der Waals surface area contributed by atoms with Crippen LogP contribution >= 0.6 is 0 Å². The molecule has 1 aromatic carbocycles. The lowest BCUT2D eigenvalue weighted by Gasteiger charge is -2.10. The maximum Gasteiger partial charge on any atom is 0.298 e. The van der Waals surface area contributed by atoms with Crippen molar-refractivity contribution in [1.29, 1.82) is 0 Å². The smallest absolute Gasteiger partial charge is 0.298 e. The molecule has 0 aromatic heterocycles. The first-order valence-electron chi connectivity index (χ1n) is 4.78. The molecule has 112 valence electrons. The highest BCUT2D eigenvalue weighted by atomic mass is 32.2. The Kier molecular flexibility index (Phi) is 4.71. The van der Waals surface area contributed by atoms with E-state index in [0.717, 1.165) is 11.5 Å². The predicted octanol–water partition coefficient (Wildman–Crippen LogP) is 0.674. The Balaban J connectivity index is 3.66. The highest BCUT2D eigenvalue weighted by molar-refractivity contribution is 7.87. The molecule has 0 aliphatic heterocycles. The fraction of sp³-hybridized carbons (Fsp3) is 0.111. The summed E-state index contributed by atoms with van der Waals surface area (Å²) in [5.74, 6) is -0.532. The third-order valence-corrected chi connectivity index (χ3v) is 4.59. The summed E-state index contributed by atoms with van der Waals surface area (Å²) >= 11 is -2.08. The fourth-order valence-corrected chi connectivity index (χ4v) is 3.17. The van der Waals surface area contributed by atoms with Gasteiger partial charge in [0.05, 0.1) is 4.90 Å². The van der Waals surface area contributed by atoms with E-state index in [4.69, 9.17) is 13.3 Å². The topological polar surface area (TPSA) is 135 Å². The van der Waals surface area contributed by atoms with Crippen molar-refractivity contribution in [3.8, 4) is 5.75 Å². The van der Waals surface area contributed by atoms with E-state index in [1.165, 1.54) is 6.92 Å². The zero-order chi connectivity index (χ0) is 15.7. The standard InChI is InChI=1S/C9H10O8S3/c1-3-18(10)17-7-4-6(2)8(19(11,12)13)5-9(7)20(14,15)16/h3-5H,1H2,2H3,(H,11,12,13)(H,14,15,16). The molecule has 0 aliphatic carbocycles. The van der Waals surface area contributed by atoms with Gasteiger partial charge in [-0.15, -0.1) is 0 Å². The summed E-state index contributed by atoms with van der Waals surface area (Å²) in [6.07, 6.45) is 0. The molecule has 0 saturated carbocycles. The van der Waals surface area contributed by atoms with Gasteiger partial charge in [-0.25, -0.2) is 4.21 Å². The Morgan fingerprint density at radius 1 is 1.15 bits per heavy atom. The molecule has 0 aliphatic rings. The van der Waals surface area contributed by atoms with Gasteiger partial charge < -0.3 is 4.18 Å². The molecular weight excluding hydrogens is 332 g/mol. The Morgan fingerprint density at radius 2 is 1.65 bits per heavy atom. The van der Waals surface area contributed by atoms with Crippen LogP contribution in [0.1, 0.15) is 5.56 Å². The molecule has 1 unspecified atom stereocenters.